The van der Waals surface area contributed by atoms with E-state index in [1.54, 1.807) is 50.2 Å². The first kappa shape index (κ1) is 27.4. The van der Waals surface area contributed by atoms with Gasteiger partial charge in [-0.3, -0.25) is 4.79 Å². The van der Waals surface area contributed by atoms with Crippen LogP contribution in [0.1, 0.15) is 58.1 Å². The lowest BCUT2D eigenvalue weighted by molar-refractivity contribution is -0.125. The summed E-state index contributed by atoms with van der Waals surface area (Å²) in [5, 5.41) is 27.2. The van der Waals surface area contributed by atoms with Gasteiger partial charge in [-0.15, -0.1) is 0 Å². The molecule has 1 aliphatic rings. The number of nitrogens with one attached hydrogen (secondary N) is 2. The van der Waals surface area contributed by atoms with Crippen LogP contribution >= 0.6 is 23.2 Å². The van der Waals surface area contributed by atoms with Gasteiger partial charge in [0.25, 0.3) is 0 Å². The SMILES string of the molecule is CC(C)(C)CC1NC(C(=O)NC(C)(C)CO)C(c2cccc(Cl)c2F)C1(C#N)c1ccc(Cl)cc1. The summed E-state index contributed by atoms with van der Waals surface area (Å²) < 4.78 is 15.6. The Kier molecular flexibility index (Phi) is 7.88. The van der Waals surface area contributed by atoms with Gasteiger partial charge in [0.15, 0.2) is 0 Å². The number of benzene rings is 2. The number of halogens is 3. The normalized spacial score (nSPS) is 24.7. The van der Waals surface area contributed by atoms with Crippen molar-refractivity contribution >= 4 is 29.1 Å². The third-order valence-electron chi connectivity index (χ3n) is 6.53. The number of aliphatic hydroxyl groups is 1. The molecule has 1 amide bonds. The molecule has 0 saturated carbocycles. The van der Waals surface area contributed by atoms with E-state index >= 15 is 4.39 Å². The second kappa shape index (κ2) is 10.1. The Bertz CT molecular complexity index is 1120. The topological polar surface area (TPSA) is 85.2 Å². The van der Waals surface area contributed by atoms with Gasteiger partial charge in [0.1, 0.15) is 11.2 Å². The molecule has 0 bridgehead atoms. The van der Waals surface area contributed by atoms with Crippen molar-refractivity contribution in [3.63, 3.8) is 0 Å². The molecular weight excluding hydrogens is 488 g/mol. The van der Waals surface area contributed by atoms with Crippen LogP contribution in [0.3, 0.4) is 0 Å². The largest absolute Gasteiger partial charge is 0.394 e. The standard InChI is InChI=1S/C27H32Cl2FN3O2/c1-25(2,3)13-20-27(14-31,16-9-11-17(28)12-10-16)21(18-7-6-8-19(29)22(18)30)23(32-20)24(35)33-26(4,5)15-34/h6-12,20-21,23,32,34H,13,15H2,1-5H3,(H,33,35). The molecule has 2 aromatic carbocycles. The molecule has 0 spiro atoms. The fourth-order valence-electron chi connectivity index (χ4n) is 4.94. The smallest absolute Gasteiger partial charge is 0.238 e. The van der Waals surface area contributed by atoms with Crippen molar-refractivity contribution in [3.8, 4) is 6.07 Å². The highest BCUT2D eigenvalue weighted by atomic mass is 35.5. The van der Waals surface area contributed by atoms with E-state index in [0.717, 1.165) is 0 Å². The Morgan fingerprint density at radius 1 is 1.17 bits per heavy atom. The number of carbonyl (C=O) groups is 1. The molecule has 0 aliphatic carbocycles. The molecular formula is C27H32Cl2FN3O2. The molecule has 0 radical (unpaired) electrons. The Morgan fingerprint density at radius 2 is 1.80 bits per heavy atom. The summed E-state index contributed by atoms with van der Waals surface area (Å²) >= 11 is 12.3. The van der Waals surface area contributed by atoms with Crippen molar-refractivity contribution in [3.05, 3.63) is 69.5 Å². The number of amides is 1. The molecule has 4 atom stereocenters. The quantitative estimate of drug-likeness (QED) is 0.480. The van der Waals surface area contributed by atoms with E-state index in [0.29, 0.717) is 17.0 Å². The summed E-state index contributed by atoms with van der Waals surface area (Å²) in [5.74, 6) is -2.00. The minimum absolute atomic E-state index is 0.0837. The van der Waals surface area contributed by atoms with Gasteiger partial charge >= 0.3 is 0 Å². The number of carbonyl (C=O) groups excluding carboxylic acids is 1. The zero-order valence-corrected chi connectivity index (χ0v) is 22.1. The third kappa shape index (κ3) is 5.49. The molecule has 35 heavy (non-hydrogen) atoms. The summed E-state index contributed by atoms with van der Waals surface area (Å²) in [6.07, 6.45) is 0.537. The van der Waals surface area contributed by atoms with E-state index in [1.807, 2.05) is 0 Å². The molecule has 1 fully saturated rings. The fraction of sp³-hybridized carbons (Fsp3) is 0.481. The number of hydrogen-bond donors (Lipinski definition) is 3. The van der Waals surface area contributed by atoms with Gasteiger partial charge < -0.3 is 15.7 Å². The molecule has 8 heteroatoms. The lowest BCUT2D eigenvalue weighted by Gasteiger charge is -2.37. The molecule has 188 valence electrons. The Morgan fingerprint density at radius 3 is 2.34 bits per heavy atom. The van der Waals surface area contributed by atoms with Crippen LogP contribution in [-0.4, -0.2) is 35.2 Å². The van der Waals surface area contributed by atoms with Gasteiger partial charge in [-0.25, -0.2) is 4.39 Å². The van der Waals surface area contributed by atoms with E-state index in [-0.39, 0.29) is 22.6 Å². The van der Waals surface area contributed by atoms with Crippen LogP contribution in [0.5, 0.6) is 0 Å². The minimum Gasteiger partial charge on any atom is -0.394 e. The number of nitrogens with zero attached hydrogens (tertiary/aromatic N) is 1. The van der Waals surface area contributed by atoms with Crippen LogP contribution < -0.4 is 10.6 Å². The van der Waals surface area contributed by atoms with Crippen LogP contribution in [0, 0.1) is 22.6 Å². The van der Waals surface area contributed by atoms with Gasteiger partial charge in [-0.05, 0) is 55.0 Å². The second-order valence-electron chi connectivity index (χ2n) is 11.1. The lowest BCUT2D eigenvalue weighted by Crippen LogP contribution is -2.54. The molecule has 3 rings (SSSR count). The minimum atomic E-state index is -1.31. The van der Waals surface area contributed by atoms with Gasteiger partial charge in [0, 0.05) is 17.0 Å². The predicted octanol–water partition coefficient (Wildman–Crippen LogP) is 5.34. The summed E-state index contributed by atoms with van der Waals surface area (Å²) in [6, 6.07) is 12.6. The zero-order valence-electron chi connectivity index (χ0n) is 20.6. The average Bonchev–Trinajstić information content (AvgIpc) is 3.09. The van der Waals surface area contributed by atoms with E-state index < -0.39 is 40.7 Å². The van der Waals surface area contributed by atoms with Crippen molar-refractivity contribution in [2.75, 3.05) is 6.61 Å². The Labute approximate surface area is 216 Å². The van der Waals surface area contributed by atoms with E-state index in [9.17, 15) is 15.2 Å². The van der Waals surface area contributed by atoms with Crippen molar-refractivity contribution in [1.29, 1.82) is 5.26 Å². The molecule has 1 aliphatic heterocycles. The molecule has 4 unspecified atom stereocenters. The zero-order chi connectivity index (χ0) is 26.2. The predicted molar refractivity (Wildman–Crippen MR) is 137 cm³/mol. The molecule has 5 nitrogen and oxygen atoms in total. The van der Waals surface area contributed by atoms with Gasteiger partial charge in [-0.1, -0.05) is 68.2 Å². The third-order valence-corrected chi connectivity index (χ3v) is 7.08. The maximum Gasteiger partial charge on any atom is 0.238 e. The Balaban J connectivity index is 2.31. The first-order valence-corrected chi connectivity index (χ1v) is 12.3. The molecule has 3 N–H and O–H groups in total. The Hall–Kier alpha value is -2.17. The maximum absolute atomic E-state index is 15.6. The van der Waals surface area contributed by atoms with Crippen molar-refractivity contribution in [2.24, 2.45) is 5.41 Å². The second-order valence-corrected chi connectivity index (χ2v) is 11.9. The summed E-state index contributed by atoms with van der Waals surface area (Å²) in [4.78, 5) is 13.6. The van der Waals surface area contributed by atoms with Crippen LogP contribution in [0.15, 0.2) is 42.5 Å². The first-order valence-electron chi connectivity index (χ1n) is 11.6. The monoisotopic (exact) mass is 519 g/mol. The molecule has 2 aromatic rings. The summed E-state index contributed by atoms with van der Waals surface area (Å²) in [5.41, 5.74) is -1.62. The summed E-state index contributed by atoms with van der Waals surface area (Å²) in [6.45, 7) is 9.26. The number of aliphatic hydroxyl groups excluding tert-OH is 1. The van der Waals surface area contributed by atoms with E-state index in [2.05, 4.69) is 37.5 Å². The molecule has 0 aromatic heterocycles. The van der Waals surface area contributed by atoms with E-state index in [1.165, 1.54) is 6.07 Å². The number of rotatable bonds is 6. The van der Waals surface area contributed by atoms with Crippen molar-refractivity contribution in [1.82, 2.24) is 10.6 Å². The highest BCUT2D eigenvalue weighted by Crippen LogP contribution is 2.52. The van der Waals surface area contributed by atoms with Gasteiger partial charge in [0.2, 0.25) is 5.91 Å². The maximum atomic E-state index is 15.6. The van der Waals surface area contributed by atoms with Crippen LogP contribution in [0.4, 0.5) is 4.39 Å². The van der Waals surface area contributed by atoms with E-state index in [4.69, 9.17) is 23.2 Å². The average molecular weight is 520 g/mol. The summed E-state index contributed by atoms with van der Waals surface area (Å²) in [7, 11) is 0. The van der Waals surface area contributed by atoms with Gasteiger partial charge in [0.05, 0.1) is 29.3 Å². The molecule has 1 saturated heterocycles. The highest BCUT2D eigenvalue weighted by molar-refractivity contribution is 6.31. The highest BCUT2D eigenvalue weighted by Gasteiger charge is 2.60. The van der Waals surface area contributed by atoms with Crippen molar-refractivity contribution in [2.45, 2.75) is 70.0 Å². The van der Waals surface area contributed by atoms with Crippen molar-refractivity contribution < 1.29 is 14.3 Å². The number of hydrogen-bond acceptors (Lipinski definition) is 4. The van der Waals surface area contributed by atoms with Gasteiger partial charge in [-0.2, -0.15) is 5.26 Å². The van der Waals surface area contributed by atoms with Crippen LogP contribution in [-0.2, 0) is 10.2 Å². The molecule has 1 heterocycles. The number of nitriles is 1. The van der Waals surface area contributed by atoms with Crippen LogP contribution in [0.2, 0.25) is 10.0 Å². The van der Waals surface area contributed by atoms with Crippen LogP contribution in [0.25, 0.3) is 0 Å². The first-order chi connectivity index (χ1) is 16.3. The fourth-order valence-corrected chi connectivity index (χ4v) is 5.25. The lowest BCUT2D eigenvalue weighted by atomic mass is 9.63.